The lowest BCUT2D eigenvalue weighted by Crippen LogP contribution is -2.31. The Morgan fingerprint density at radius 3 is 2.48 bits per heavy atom. The van der Waals surface area contributed by atoms with E-state index in [9.17, 15) is 17.8 Å². The van der Waals surface area contributed by atoms with Crippen LogP contribution in [0.4, 0.5) is 5.82 Å². The maximum absolute atomic E-state index is 12.1. The van der Waals surface area contributed by atoms with E-state index < -0.39 is 22.1 Å². The first kappa shape index (κ1) is 20.5. The Kier molecular flexibility index (Phi) is 5.66. The van der Waals surface area contributed by atoms with Crippen LogP contribution in [0.15, 0.2) is 53.7 Å². The summed E-state index contributed by atoms with van der Waals surface area (Å²) >= 11 is 0. The number of carbonyl (C=O) groups excluding carboxylic acids is 1. The fraction of sp³-hybridized carbons (Fsp3) is 0.211. The smallest absolute Gasteiger partial charge is 0.337 e. The monoisotopic (exact) mass is 417 g/mol. The lowest BCUT2D eigenvalue weighted by atomic mass is 10.0. The predicted octanol–water partition coefficient (Wildman–Crippen LogP) is 2.43. The summed E-state index contributed by atoms with van der Waals surface area (Å²) in [6.07, 6.45) is 5.91. The number of hydrogen-bond donors (Lipinski definition) is 1. The Morgan fingerprint density at radius 1 is 1.21 bits per heavy atom. The van der Waals surface area contributed by atoms with Gasteiger partial charge in [-0.05, 0) is 36.8 Å². The summed E-state index contributed by atoms with van der Waals surface area (Å²) in [6, 6.07) is 5.23. The summed E-state index contributed by atoms with van der Waals surface area (Å²) in [4.78, 5) is 21.6. The molecule has 0 bridgehead atoms. The molecule has 152 valence electrons. The molecule has 1 aromatic carbocycles. The van der Waals surface area contributed by atoms with Crippen molar-refractivity contribution in [3.05, 3.63) is 70.5 Å². The van der Waals surface area contributed by atoms with Crippen molar-refractivity contribution in [3.63, 3.8) is 0 Å². The van der Waals surface area contributed by atoms with Gasteiger partial charge < -0.3 is 14.4 Å². The summed E-state index contributed by atoms with van der Waals surface area (Å²) in [5, 5.41) is 0. The molecule has 0 saturated heterocycles. The van der Waals surface area contributed by atoms with Crippen LogP contribution in [0, 0.1) is 6.92 Å². The minimum atomic E-state index is -4.54. The average Bonchev–Trinajstić information content (AvgIpc) is 2.72. The van der Waals surface area contributed by atoms with Crippen LogP contribution in [-0.2, 0) is 14.9 Å². The highest BCUT2D eigenvalue weighted by atomic mass is 32.2. The summed E-state index contributed by atoms with van der Waals surface area (Å²) in [5.41, 5.74) is 1.42. The molecule has 0 amide bonds. The summed E-state index contributed by atoms with van der Waals surface area (Å²) in [5.74, 6) is -0.0541. The minimum Gasteiger partial charge on any atom is -0.478 e. The van der Waals surface area contributed by atoms with Gasteiger partial charge in [0.05, 0.1) is 42.6 Å². The highest BCUT2D eigenvalue weighted by Crippen LogP contribution is 2.39. The van der Waals surface area contributed by atoms with Crippen LogP contribution in [0.25, 0.3) is 0 Å². The van der Waals surface area contributed by atoms with Crippen molar-refractivity contribution in [1.29, 1.82) is 0 Å². The molecule has 3 rings (SSSR count). The Bertz CT molecular complexity index is 1090. The van der Waals surface area contributed by atoms with E-state index in [2.05, 4.69) is 14.7 Å². The second-order valence-electron chi connectivity index (χ2n) is 6.15. The average molecular weight is 417 g/mol. The molecule has 0 spiro atoms. The SMILES string of the molecule is COC(=O)c1ccc(C2C(S(=O)(=O)O)=CC=CN2c2ncc(C)nc2OC)cc1. The van der Waals surface area contributed by atoms with E-state index in [-0.39, 0.29) is 16.6 Å². The third-order valence-corrected chi connectivity index (χ3v) is 5.24. The number of esters is 1. The van der Waals surface area contributed by atoms with Crippen molar-refractivity contribution in [2.24, 2.45) is 0 Å². The van der Waals surface area contributed by atoms with E-state index >= 15 is 0 Å². The van der Waals surface area contributed by atoms with Gasteiger partial charge in [0, 0.05) is 6.20 Å². The number of ether oxygens (including phenoxy) is 2. The van der Waals surface area contributed by atoms with Gasteiger partial charge in [-0.3, -0.25) is 4.55 Å². The fourth-order valence-corrected chi connectivity index (χ4v) is 3.75. The first-order valence-corrected chi connectivity index (χ1v) is 9.90. The van der Waals surface area contributed by atoms with Gasteiger partial charge in [-0.15, -0.1) is 0 Å². The predicted molar refractivity (Wildman–Crippen MR) is 105 cm³/mol. The van der Waals surface area contributed by atoms with Crippen molar-refractivity contribution < 1.29 is 27.2 Å². The van der Waals surface area contributed by atoms with Gasteiger partial charge in [-0.25, -0.2) is 14.8 Å². The molecule has 1 unspecified atom stereocenters. The molecule has 1 aliphatic heterocycles. The number of benzene rings is 1. The van der Waals surface area contributed by atoms with Crippen molar-refractivity contribution >= 4 is 21.9 Å². The standard InChI is InChI=1S/C19H19N3O6S/c1-12-11-20-17(18(21-12)27-2)22-10-4-5-15(29(24,25)26)16(22)13-6-8-14(9-7-13)19(23)28-3/h4-11,16H,1-3H3,(H,24,25,26). The first-order chi connectivity index (χ1) is 13.8. The molecule has 9 nitrogen and oxygen atoms in total. The molecular formula is C19H19N3O6S. The molecule has 29 heavy (non-hydrogen) atoms. The first-order valence-electron chi connectivity index (χ1n) is 8.46. The van der Waals surface area contributed by atoms with Crippen LogP contribution in [0.1, 0.15) is 27.7 Å². The van der Waals surface area contributed by atoms with E-state index in [1.54, 1.807) is 25.3 Å². The molecule has 1 aliphatic rings. The Morgan fingerprint density at radius 2 is 1.90 bits per heavy atom. The van der Waals surface area contributed by atoms with E-state index in [4.69, 9.17) is 4.74 Å². The molecular weight excluding hydrogens is 398 g/mol. The van der Waals surface area contributed by atoms with Gasteiger partial charge in [-0.1, -0.05) is 12.1 Å². The van der Waals surface area contributed by atoms with E-state index in [0.29, 0.717) is 16.8 Å². The molecule has 0 saturated carbocycles. The van der Waals surface area contributed by atoms with Crippen LogP contribution < -0.4 is 9.64 Å². The van der Waals surface area contributed by atoms with Gasteiger partial charge >= 0.3 is 5.97 Å². The maximum Gasteiger partial charge on any atom is 0.337 e. The molecule has 2 heterocycles. The van der Waals surface area contributed by atoms with Crippen LogP contribution in [0.5, 0.6) is 5.88 Å². The van der Waals surface area contributed by atoms with Crippen molar-refractivity contribution in [3.8, 4) is 5.88 Å². The van der Waals surface area contributed by atoms with E-state index in [1.807, 2.05) is 0 Å². The molecule has 0 radical (unpaired) electrons. The normalized spacial score (nSPS) is 16.3. The molecule has 0 aliphatic carbocycles. The third-order valence-electron chi connectivity index (χ3n) is 4.28. The number of rotatable bonds is 5. The topological polar surface area (TPSA) is 119 Å². The van der Waals surface area contributed by atoms with Crippen molar-refractivity contribution in [2.75, 3.05) is 19.1 Å². The lowest BCUT2D eigenvalue weighted by molar-refractivity contribution is 0.0600. The molecule has 10 heteroatoms. The van der Waals surface area contributed by atoms with Crippen LogP contribution in [-0.4, -0.2) is 43.1 Å². The van der Waals surface area contributed by atoms with Crippen LogP contribution in [0.3, 0.4) is 0 Å². The number of aryl methyl sites for hydroxylation is 1. The zero-order valence-electron chi connectivity index (χ0n) is 15.9. The number of aromatic nitrogens is 2. The zero-order valence-corrected chi connectivity index (χ0v) is 16.8. The molecule has 1 aromatic heterocycles. The lowest BCUT2D eigenvalue weighted by Gasteiger charge is -2.33. The van der Waals surface area contributed by atoms with Crippen molar-refractivity contribution in [1.82, 2.24) is 9.97 Å². The quantitative estimate of drug-likeness (QED) is 0.578. The summed E-state index contributed by atoms with van der Waals surface area (Å²) < 4.78 is 43.9. The molecule has 1 N–H and O–H groups in total. The molecule has 2 aromatic rings. The van der Waals surface area contributed by atoms with Crippen molar-refractivity contribution in [2.45, 2.75) is 13.0 Å². The highest BCUT2D eigenvalue weighted by molar-refractivity contribution is 7.89. The summed E-state index contributed by atoms with van der Waals surface area (Å²) in [7, 11) is -1.84. The number of anilines is 1. The largest absolute Gasteiger partial charge is 0.478 e. The minimum absolute atomic E-state index is 0.197. The van der Waals surface area contributed by atoms with Crippen LogP contribution in [0.2, 0.25) is 0 Å². The zero-order chi connectivity index (χ0) is 21.2. The van der Waals surface area contributed by atoms with E-state index in [1.165, 1.54) is 49.6 Å². The fourth-order valence-electron chi connectivity index (χ4n) is 2.97. The van der Waals surface area contributed by atoms with Gasteiger partial charge in [0.1, 0.15) is 0 Å². The highest BCUT2D eigenvalue weighted by Gasteiger charge is 2.34. The Labute approximate surface area is 168 Å². The number of methoxy groups -OCH3 is 2. The Balaban J connectivity index is 2.15. The molecule has 0 fully saturated rings. The number of nitrogens with zero attached hydrogens (tertiary/aromatic N) is 3. The second kappa shape index (κ2) is 8.02. The summed E-state index contributed by atoms with van der Waals surface area (Å²) in [6.45, 7) is 1.75. The van der Waals surface area contributed by atoms with Gasteiger partial charge in [0.2, 0.25) is 0 Å². The molecule has 1 atom stereocenters. The number of carbonyl (C=O) groups is 1. The van der Waals surface area contributed by atoms with Gasteiger partial charge in [-0.2, -0.15) is 8.42 Å². The second-order valence-corrected chi connectivity index (χ2v) is 7.57. The number of allylic oxidation sites excluding steroid dienone is 2. The van der Waals surface area contributed by atoms with E-state index in [0.717, 1.165) is 0 Å². The van der Waals surface area contributed by atoms with Gasteiger partial charge in [0.25, 0.3) is 16.0 Å². The maximum atomic E-state index is 12.1. The number of hydrogen-bond acceptors (Lipinski definition) is 8. The third kappa shape index (κ3) is 4.13. The Hall–Kier alpha value is -3.24. The van der Waals surface area contributed by atoms with Crippen LogP contribution >= 0.6 is 0 Å². The van der Waals surface area contributed by atoms with Gasteiger partial charge in [0.15, 0.2) is 5.82 Å².